The summed E-state index contributed by atoms with van der Waals surface area (Å²) >= 11 is 10.1. The molecule has 0 aromatic rings. The Bertz CT molecular complexity index is 129. The monoisotopic (exact) mass is 222 g/mol. The number of rotatable bonds is 3. The normalized spacial score (nSPS) is 16.1. The minimum Gasteiger partial charge on any atom is -0.719 e. The molecule has 0 rings (SSSR count). The molecule has 0 fully saturated rings. The quantitative estimate of drug-likeness (QED) is 0.355. The Morgan fingerprint density at radius 2 is 2.00 bits per heavy atom. The Balaban J connectivity index is 0. The van der Waals surface area contributed by atoms with E-state index >= 15 is 0 Å². The second kappa shape index (κ2) is 7.04. The molecule has 0 bridgehead atoms. The Labute approximate surface area is 116 Å². The van der Waals surface area contributed by atoms with Crippen LogP contribution in [0.4, 0.5) is 0 Å². The fourth-order valence-electron chi connectivity index (χ4n) is 0.329. The SMILES string of the molecule is CCOP(=S)([S-])C(C)C.[K+]. The van der Waals surface area contributed by atoms with Crippen molar-refractivity contribution < 1.29 is 55.9 Å². The molecule has 1 atom stereocenters. The zero-order valence-corrected chi connectivity index (χ0v) is 12.6. The first-order chi connectivity index (χ1) is 4.00. The molecule has 0 aliphatic carbocycles. The van der Waals surface area contributed by atoms with Crippen LogP contribution in [0.15, 0.2) is 0 Å². The third-order valence-electron chi connectivity index (χ3n) is 0.941. The summed E-state index contributed by atoms with van der Waals surface area (Å²) in [6.45, 7) is 6.61. The van der Waals surface area contributed by atoms with E-state index in [1.165, 1.54) is 0 Å². The van der Waals surface area contributed by atoms with Crippen LogP contribution in [0.2, 0.25) is 0 Å². The molecular weight excluding hydrogens is 210 g/mol. The molecule has 0 aromatic heterocycles. The zero-order chi connectivity index (χ0) is 7.49. The van der Waals surface area contributed by atoms with Crippen LogP contribution in [-0.4, -0.2) is 12.3 Å². The Morgan fingerprint density at radius 3 is 2.10 bits per heavy atom. The largest absolute Gasteiger partial charge is 1.00 e. The maximum atomic E-state index is 5.23. The van der Waals surface area contributed by atoms with Gasteiger partial charge in [0.1, 0.15) is 0 Å². The van der Waals surface area contributed by atoms with Crippen LogP contribution >= 0.6 is 5.47 Å². The van der Waals surface area contributed by atoms with Gasteiger partial charge in [-0.2, -0.15) is 0 Å². The van der Waals surface area contributed by atoms with Crippen molar-refractivity contribution in [2.45, 2.75) is 26.4 Å². The molecule has 5 heteroatoms. The van der Waals surface area contributed by atoms with E-state index in [1.54, 1.807) is 0 Å². The summed E-state index contributed by atoms with van der Waals surface area (Å²) in [6, 6.07) is 0. The maximum Gasteiger partial charge on any atom is 1.00 e. The third kappa shape index (κ3) is 6.15. The van der Waals surface area contributed by atoms with Crippen molar-refractivity contribution >= 4 is 29.5 Å². The van der Waals surface area contributed by atoms with Crippen LogP contribution in [0.5, 0.6) is 0 Å². The first kappa shape index (κ1) is 15.1. The molecule has 0 amide bonds. The van der Waals surface area contributed by atoms with Crippen molar-refractivity contribution in [1.29, 1.82) is 0 Å². The fourth-order valence-corrected chi connectivity index (χ4v) is 1.62. The average molecular weight is 222 g/mol. The summed E-state index contributed by atoms with van der Waals surface area (Å²) in [7, 11) is 0. The van der Waals surface area contributed by atoms with Crippen LogP contribution in [0.1, 0.15) is 20.8 Å². The average Bonchev–Trinajstić information content (AvgIpc) is 1.65. The van der Waals surface area contributed by atoms with E-state index < -0.39 is 5.47 Å². The van der Waals surface area contributed by atoms with E-state index in [1.807, 2.05) is 20.8 Å². The van der Waals surface area contributed by atoms with Crippen molar-refractivity contribution in [3.8, 4) is 0 Å². The van der Waals surface area contributed by atoms with Gasteiger partial charge >= 0.3 is 51.4 Å². The molecule has 0 saturated carbocycles. The molecule has 0 saturated heterocycles. The van der Waals surface area contributed by atoms with Crippen LogP contribution in [-0.2, 0) is 28.6 Å². The molecule has 1 unspecified atom stereocenters. The summed E-state index contributed by atoms with van der Waals surface area (Å²) in [6.07, 6.45) is 0. The molecule has 0 aliphatic rings. The van der Waals surface area contributed by atoms with Crippen molar-refractivity contribution in [3.05, 3.63) is 0 Å². The second-order valence-electron chi connectivity index (χ2n) is 2.05. The Morgan fingerprint density at radius 1 is 1.60 bits per heavy atom. The second-order valence-corrected chi connectivity index (χ2v) is 8.37. The molecule has 0 spiro atoms. The van der Waals surface area contributed by atoms with Gasteiger partial charge in [0, 0.05) is 6.61 Å². The first-order valence-electron chi connectivity index (χ1n) is 2.96. The van der Waals surface area contributed by atoms with Crippen molar-refractivity contribution in [3.63, 3.8) is 0 Å². The van der Waals surface area contributed by atoms with E-state index in [0.717, 1.165) is 0 Å². The van der Waals surface area contributed by atoms with Gasteiger partial charge in [-0.3, -0.25) is 0 Å². The van der Waals surface area contributed by atoms with Gasteiger partial charge in [0.15, 0.2) is 0 Å². The van der Waals surface area contributed by atoms with E-state index in [-0.39, 0.29) is 51.4 Å². The minimum absolute atomic E-state index is 0. The van der Waals surface area contributed by atoms with Crippen LogP contribution < -0.4 is 51.4 Å². The predicted molar refractivity (Wildman–Crippen MR) is 48.4 cm³/mol. The van der Waals surface area contributed by atoms with Gasteiger partial charge in [-0.15, -0.1) is 0 Å². The van der Waals surface area contributed by atoms with E-state index in [0.29, 0.717) is 12.3 Å². The van der Waals surface area contributed by atoms with Gasteiger partial charge < -0.3 is 16.8 Å². The Hall–Kier alpha value is 2.60. The van der Waals surface area contributed by atoms with E-state index in [4.69, 9.17) is 28.6 Å². The summed E-state index contributed by atoms with van der Waals surface area (Å²) in [4.78, 5) is 0. The molecule has 0 radical (unpaired) electrons. The fraction of sp³-hybridized carbons (Fsp3) is 1.00. The maximum absolute atomic E-state index is 5.23. The van der Waals surface area contributed by atoms with Gasteiger partial charge in [-0.1, -0.05) is 31.1 Å². The van der Waals surface area contributed by atoms with Gasteiger partial charge in [0.25, 0.3) is 0 Å². The minimum atomic E-state index is -1.85. The van der Waals surface area contributed by atoms with E-state index in [9.17, 15) is 0 Å². The molecule has 0 aromatic carbocycles. The van der Waals surface area contributed by atoms with Gasteiger partial charge in [-0.05, 0) is 12.6 Å². The topological polar surface area (TPSA) is 9.23 Å². The molecule has 0 heterocycles. The summed E-state index contributed by atoms with van der Waals surface area (Å²) in [5.74, 6) is 0. The first-order valence-corrected chi connectivity index (χ1v) is 6.76. The smallest absolute Gasteiger partial charge is 0.719 e. The van der Waals surface area contributed by atoms with Gasteiger partial charge in [-0.25, -0.2) is 0 Å². The van der Waals surface area contributed by atoms with Crippen molar-refractivity contribution in [1.82, 2.24) is 0 Å². The molecule has 0 N–H and O–H groups in total. The third-order valence-corrected chi connectivity index (χ3v) is 5.99. The predicted octanol–water partition coefficient (Wildman–Crippen LogP) is -0.708. The van der Waals surface area contributed by atoms with Gasteiger partial charge in [0.05, 0.1) is 0 Å². The summed E-state index contributed by atoms with van der Waals surface area (Å²) in [5.41, 5.74) is -1.51. The summed E-state index contributed by atoms with van der Waals surface area (Å²) < 4.78 is 5.23. The van der Waals surface area contributed by atoms with Crippen LogP contribution in [0, 0.1) is 0 Å². The van der Waals surface area contributed by atoms with Crippen LogP contribution in [0.3, 0.4) is 0 Å². The molecule has 1 nitrogen and oxygen atoms in total. The van der Waals surface area contributed by atoms with E-state index in [2.05, 4.69) is 0 Å². The molecular formula is C5H12KOPS2. The van der Waals surface area contributed by atoms with Crippen LogP contribution in [0.25, 0.3) is 0 Å². The number of hydrogen-bond acceptors (Lipinski definition) is 3. The summed E-state index contributed by atoms with van der Waals surface area (Å²) in [5, 5.41) is 0. The zero-order valence-electron chi connectivity index (χ0n) is 6.96. The number of hydrogen-bond donors (Lipinski definition) is 0. The van der Waals surface area contributed by atoms with Gasteiger partial charge in [0.2, 0.25) is 0 Å². The van der Waals surface area contributed by atoms with Crippen molar-refractivity contribution in [2.75, 3.05) is 6.61 Å². The Kier molecular flexibility index (Phi) is 10.6. The molecule has 10 heavy (non-hydrogen) atoms. The standard InChI is InChI=1S/C5H13OPS2.K/c1-4-6-7(8,9)5(2)3;/h5H,4H2,1-3H3,(H,8,9);/q;+1/p-1. The molecule has 56 valence electrons. The van der Waals surface area contributed by atoms with Crippen molar-refractivity contribution in [2.24, 2.45) is 0 Å². The molecule has 0 aliphatic heterocycles.